The van der Waals surface area contributed by atoms with Crippen molar-refractivity contribution in [2.24, 2.45) is 11.1 Å². The molecule has 1 aromatic rings. The van der Waals surface area contributed by atoms with Gasteiger partial charge in [0.05, 0.1) is 0 Å². The summed E-state index contributed by atoms with van der Waals surface area (Å²) in [5, 5.41) is 3.99. The Morgan fingerprint density at radius 1 is 1.33 bits per heavy atom. The largest absolute Gasteiger partial charge is 0.391 e. The van der Waals surface area contributed by atoms with Crippen molar-refractivity contribution < 1.29 is 4.84 Å². The monoisotopic (exact) mass is 308 g/mol. The van der Waals surface area contributed by atoms with Crippen LogP contribution in [0.15, 0.2) is 35.5 Å². The number of nitrogens with zero attached hydrogens (tertiary/aromatic N) is 2. The SMILES string of the molecule is BrC1=NOC([C@H]2CCN(Cc3ccccc3)C2)C1. The summed E-state index contributed by atoms with van der Waals surface area (Å²) in [5.41, 5.74) is 1.39. The van der Waals surface area contributed by atoms with E-state index in [9.17, 15) is 0 Å². The van der Waals surface area contributed by atoms with E-state index in [1.165, 1.54) is 12.0 Å². The highest BCUT2D eigenvalue weighted by molar-refractivity contribution is 9.18. The van der Waals surface area contributed by atoms with Gasteiger partial charge in [0.2, 0.25) is 0 Å². The second-order valence-electron chi connectivity index (χ2n) is 5.09. The van der Waals surface area contributed by atoms with Gasteiger partial charge in [0.25, 0.3) is 0 Å². The molecule has 0 radical (unpaired) electrons. The van der Waals surface area contributed by atoms with Crippen molar-refractivity contribution in [3.8, 4) is 0 Å². The molecule has 1 unspecified atom stereocenters. The van der Waals surface area contributed by atoms with Crippen LogP contribution in [0.5, 0.6) is 0 Å². The zero-order valence-electron chi connectivity index (χ0n) is 10.3. The molecule has 0 spiro atoms. The van der Waals surface area contributed by atoms with E-state index >= 15 is 0 Å². The fourth-order valence-electron chi connectivity index (χ4n) is 2.77. The van der Waals surface area contributed by atoms with Crippen molar-refractivity contribution in [1.82, 2.24) is 4.90 Å². The summed E-state index contributed by atoms with van der Waals surface area (Å²) in [5.74, 6) is 0.618. The van der Waals surface area contributed by atoms with Gasteiger partial charge in [-0.1, -0.05) is 35.5 Å². The van der Waals surface area contributed by atoms with Gasteiger partial charge >= 0.3 is 0 Å². The molecule has 0 amide bonds. The first-order chi connectivity index (χ1) is 8.81. The number of benzene rings is 1. The van der Waals surface area contributed by atoms with Crippen LogP contribution in [0.3, 0.4) is 0 Å². The predicted octanol–water partition coefficient (Wildman–Crippen LogP) is 3.01. The first-order valence-electron chi connectivity index (χ1n) is 6.46. The van der Waals surface area contributed by atoms with Gasteiger partial charge < -0.3 is 4.84 Å². The first kappa shape index (κ1) is 12.2. The fraction of sp³-hybridized carbons (Fsp3) is 0.500. The first-order valence-corrected chi connectivity index (χ1v) is 7.25. The summed E-state index contributed by atoms with van der Waals surface area (Å²) >= 11 is 3.41. The molecule has 4 heteroatoms. The Balaban J connectivity index is 1.53. The molecule has 96 valence electrons. The molecule has 0 N–H and O–H groups in total. The second kappa shape index (κ2) is 5.41. The van der Waals surface area contributed by atoms with Crippen LogP contribution < -0.4 is 0 Å². The lowest BCUT2D eigenvalue weighted by Crippen LogP contribution is -2.25. The molecule has 2 aliphatic heterocycles. The highest BCUT2D eigenvalue weighted by atomic mass is 79.9. The lowest BCUT2D eigenvalue weighted by atomic mass is 10.00. The molecule has 3 rings (SSSR count). The minimum Gasteiger partial charge on any atom is -0.391 e. The highest BCUT2D eigenvalue weighted by Crippen LogP contribution is 2.29. The van der Waals surface area contributed by atoms with Crippen molar-refractivity contribution in [2.45, 2.75) is 25.5 Å². The fourth-order valence-corrected chi connectivity index (χ4v) is 3.17. The van der Waals surface area contributed by atoms with Crippen molar-refractivity contribution >= 4 is 20.6 Å². The zero-order chi connectivity index (χ0) is 12.4. The van der Waals surface area contributed by atoms with Crippen molar-refractivity contribution in [1.29, 1.82) is 0 Å². The van der Waals surface area contributed by atoms with Gasteiger partial charge in [-0.15, -0.1) is 0 Å². The van der Waals surface area contributed by atoms with Crippen LogP contribution in [0.25, 0.3) is 0 Å². The third kappa shape index (κ3) is 2.75. The molecule has 18 heavy (non-hydrogen) atoms. The lowest BCUT2D eigenvalue weighted by molar-refractivity contribution is 0.0428. The van der Waals surface area contributed by atoms with Gasteiger partial charge in [-0.2, -0.15) is 0 Å². The number of hydrogen-bond donors (Lipinski definition) is 0. The van der Waals surface area contributed by atoms with E-state index in [0.29, 0.717) is 5.92 Å². The van der Waals surface area contributed by atoms with Crippen LogP contribution in [0, 0.1) is 5.92 Å². The van der Waals surface area contributed by atoms with Gasteiger partial charge in [-0.25, -0.2) is 0 Å². The van der Waals surface area contributed by atoms with E-state index in [0.717, 1.165) is 30.7 Å². The Kier molecular flexibility index (Phi) is 3.66. The number of oxime groups is 1. The number of rotatable bonds is 3. The normalized spacial score (nSPS) is 28.2. The molecule has 2 heterocycles. The average molecular weight is 309 g/mol. The molecule has 2 atom stereocenters. The molecule has 1 fully saturated rings. The molecule has 1 aromatic carbocycles. The topological polar surface area (TPSA) is 24.8 Å². The quantitative estimate of drug-likeness (QED) is 0.857. The van der Waals surface area contributed by atoms with E-state index in [4.69, 9.17) is 4.84 Å². The Labute approximate surface area is 116 Å². The van der Waals surface area contributed by atoms with E-state index in [-0.39, 0.29) is 6.10 Å². The van der Waals surface area contributed by atoms with Crippen molar-refractivity contribution in [2.75, 3.05) is 13.1 Å². The molecule has 2 aliphatic rings. The maximum Gasteiger partial charge on any atom is 0.137 e. The van der Waals surface area contributed by atoms with Crippen LogP contribution >= 0.6 is 15.9 Å². The molecule has 3 nitrogen and oxygen atoms in total. The molecule has 1 saturated heterocycles. The summed E-state index contributed by atoms with van der Waals surface area (Å²) in [6.07, 6.45) is 2.43. The standard InChI is InChI=1S/C14H17BrN2O/c15-14-8-13(18-16-14)12-6-7-17(10-12)9-11-4-2-1-3-5-11/h1-5,12-13H,6-10H2/t12-,13?/m0/s1. The van der Waals surface area contributed by atoms with E-state index in [2.05, 4.69) is 56.3 Å². The third-order valence-corrected chi connectivity index (χ3v) is 4.21. The number of hydrogen-bond acceptors (Lipinski definition) is 3. The maximum absolute atomic E-state index is 5.46. The van der Waals surface area contributed by atoms with E-state index in [1.54, 1.807) is 0 Å². The Bertz CT molecular complexity index is 435. The summed E-state index contributed by atoms with van der Waals surface area (Å²) in [6, 6.07) is 10.7. The smallest absolute Gasteiger partial charge is 0.137 e. The van der Waals surface area contributed by atoms with E-state index < -0.39 is 0 Å². The summed E-state index contributed by atoms with van der Waals surface area (Å²) in [4.78, 5) is 7.97. The van der Waals surface area contributed by atoms with Gasteiger partial charge in [0.15, 0.2) is 0 Å². The number of halogens is 1. The van der Waals surface area contributed by atoms with Crippen LogP contribution in [0.1, 0.15) is 18.4 Å². The lowest BCUT2D eigenvalue weighted by Gasteiger charge is -2.18. The summed E-state index contributed by atoms with van der Waals surface area (Å²) in [7, 11) is 0. The maximum atomic E-state index is 5.46. The minimum absolute atomic E-state index is 0.278. The van der Waals surface area contributed by atoms with Gasteiger partial charge in [-0.05, 0) is 34.5 Å². The molecular formula is C14H17BrN2O. The molecule has 0 bridgehead atoms. The van der Waals surface area contributed by atoms with Crippen LogP contribution in [-0.2, 0) is 11.4 Å². The molecule has 0 aromatic heterocycles. The summed E-state index contributed by atoms with van der Waals surface area (Å²) < 4.78 is 0.953. The molecular weight excluding hydrogens is 292 g/mol. The zero-order valence-corrected chi connectivity index (χ0v) is 11.8. The van der Waals surface area contributed by atoms with Gasteiger partial charge in [0.1, 0.15) is 10.7 Å². The van der Waals surface area contributed by atoms with E-state index in [1.807, 2.05) is 0 Å². The predicted molar refractivity (Wildman–Crippen MR) is 75.7 cm³/mol. The van der Waals surface area contributed by atoms with Gasteiger partial charge in [0, 0.05) is 25.4 Å². The Hall–Kier alpha value is -0.870. The molecule has 0 saturated carbocycles. The Morgan fingerprint density at radius 2 is 2.17 bits per heavy atom. The number of likely N-dealkylation sites (tertiary alicyclic amines) is 1. The van der Waals surface area contributed by atoms with Gasteiger partial charge in [-0.3, -0.25) is 4.90 Å². The highest BCUT2D eigenvalue weighted by Gasteiger charge is 2.34. The molecule has 0 aliphatic carbocycles. The Morgan fingerprint density at radius 3 is 2.89 bits per heavy atom. The minimum atomic E-state index is 0.278. The summed E-state index contributed by atoms with van der Waals surface area (Å²) in [6.45, 7) is 3.33. The van der Waals surface area contributed by atoms with Crippen LogP contribution in [0.2, 0.25) is 0 Å². The van der Waals surface area contributed by atoms with Crippen LogP contribution in [-0.4, -0.2) is 28.7 Å². The van der Waals surface area contributed by atoms with Crippen molar-refractivity contribution in [3.63, 3.8) is 0 Å². The third-order valence-electron chi connectivity index (χ3n) is 3.74. The van der Waals surface area contributed by atoms with Crippen molar-refractivity contribution in [3.05, 3.63) is 35.9 Å². The second-order valence-corrected chi connectivity index (χ2v) is 6.00. The average Bonchev–Trinajstić information content (AvgIpc) is 2.99. The van der Waals surface area contributed by atoms with Crippen LogP contribution in [0.4, 0.5) is 0 Å².